The number of ether oxygens (including phenoxy) is 1. The Hall–Kier alpha value is -3.07. The highest BCUT2D eigenvalue weighted by Crippen LogP contribution is 2.24. The number of para-hydroxylation sites is 1. The zero-order valence-electron chi connectivity index (χ0n) is 22.0. The fraction of sp³-hybridized carbons (Fsp3) is 0.481. The van der Waals surface area contributed by atoms with Crippen molar-refractivity contribution in [2.75, 3.05) is 30.8 Å². The number of hydrogen-bond donors (Lipinski definition) is 1. The summed E-state index contributed by atoms with van der Waals surface area (Å²) < 4.78 is 32.1. The van der Waals surface area contributed by atoms with Crippen LogP contribution < -0.4 is 14.4 Å². The van der Waals surface area contributed by atoms with Crippen LogP contribution in [0.25, 0.3) is 0 Å². The summed E-state index contributed by atoms with van der Waals surface area (Å²) in [7, 11) is -2.20. The van der Waals surface area contributed by atoms with Crippen molar-refractivity contribution < 1.29 is 22.7 Å². The molecule has 0 fully saturated rings. The Kier molecular flexibility index (Phi) is 11.2. The standard InChI is InChI=1S/C27H39N3O5S/c1-6-9-17-28-27(32)24(8-3)29(19-21-13-12-15-23(18-21)35-4)26(31)20-30(36(5,33)34)25-16-11-10-14-22(25)7-2/h10-16,18,24H,6-9,17,19-20H2,1-5H3,(H,28,32)/t24-/m1/s1. The maximum absolute atomic E-state index is 13.8. The van der Waals surface area contributed by atoms with E-state index in [2.05, 4.69) is 5.32 Å². The van der Waals surface area contributed by atoms with Crippen molar-refractivity contribution in [1.82, 2.24) is 10.2 Å². The van der Waals surface area contributed by atoms with Gasteiger partial charge in [-0.15, -0.1) is 0 Å². The van der Waals surface area contributed by atoms with E-state index in [9.17, 15) is 18.0 Å². The molecule has 2 rings (SSSR count). The number of carbonyl (C=O) groups is 2. The van der Waals surface area contributed by atoms with Crippen molar-refractivity contribution in [3.8, 4) is 5.75 Å². The minimum Gasteiger partial charge on any atom is -0.497 e. The second-order valence-electron chi connectivity index (χ2n) is 8.69. The van der Waals surface area contributed by atoms with Crippen molar-refractivity contribution >= 4 is 27.5 Å². The van der Waals surface area contributed by atoms with Gasteiger partial charge in [0.2, 0.25) is 21.8 Å². The molecule has 2 amide bonds. The van der Waals surface area contributed by atoms with Crippen molar-refractivity contribution in [2.24, 2.45) is 0 Å². The van der Waals surface area contributed by atoms with Crippen molar-refractivity contribution in [2.45, 2.75) is 59.0 Å². The third-order valence-corrected chi connectivity index (χ3v) is 7.15. The van der Waals surface area contributed by atoms with Gasteiger partial charge >= 0.3 is 0 Å². The van der Waals surface area contributed by atoms with Crippen LogP contribution in [0, 0.1) is 0 Å². The number of hydrogen-bond acceptors (Lipinski definition) is 5. The normalized spacial score (nSPS) is 12.0. The maximum Gasteiger partial charge on any atom is 0.244 e. The Morgan fingerprint density at radius 1 is 1.06 bits per heavy atom. The Bertz CT molecular complexity index is 1120. The highest BCUT2D eigenvalue weighted by atomic mass is 32.2. The lowest BCUT2D eigenvalue weighted by atomic mass is 10.1. The van der Waals surface area contributed by atoms with Crippen LogP contribution in [-0.2, 0) is 32.6 Å². The van der Waals surface area contributed by atoms with Crippen LogP contribution in [0.1, 0.15) is 51.2 Å². The van der Waals surface area contributed by atoms with Gasteiger partial charge in [0.15, 0.2) is 0 Å². The van der Waals surface area contributed by atoms with Gasteiger partial charge < -0.3 is 15.0 Å². The molecule has 0 heterocycles. The van der Waals surface area contributed by atoms with Crippen molar-refractivity contribution in [3.63, 3.8) is 0 Å². The molecule has 0 spiro atoms. The van der Waals surface area contributed by atoms with Crippen LogP contribution in [0.2, 0.25) is 0 Å². The molecule has 0 aromatic heterocycles. The van der Waals surface area contributed by atoms with Crippen LogP contribution >= 0.6 is 0 Å². The molecular weight excluding hydrogens is 478 g/mol. The second-order valence-corrected chi connectivity index (χ2v) is 10.6. The number of rotatable bonds is 14. The summed E-state index contributed by atoms with van der Waals surface area (Å²) in [5.41, 5.74) is 2.07. The van der Waals surface area contributed by atoms with Crippen molar-refractivity contribution in [3.05, 3.63) is 59.7 Å². The fourth-order valence-electron chi connectivity index (χ4n) is 4.04. The predicted octanol–water partition coefficient (Wildman–Crippen LogP) is 3.75. The molecule has 0 bridgehead atoms. The molecule has 36 heavy (non-hydrogen) atoms. The van der Waals surface area contributed by atoms with Crippen LogP contribution in [0.3, 0.4) is 0 Å². The lowest BCUT2D eigenvalue weighted by Gasteiger charge is -2.33. The van der Waals surface area contributed by atoms with E-state index in [-0.39, 0.29) is 12.5 Å². The van der Waals surface area contributed by atoms with Gasteiger partial charge in [-0.1, -0.05) is 57.5 Å². The number of amides is 2. The Balaban J connectivity index is 2.45. The van der Waals surface area contributed by atoms with Gasteiger partial charge in [-0.05, 0) is 48.6 Å². The van der Waals surface area contributed by atoms with Crippen LogP contribution in [-0.4, -0.2) is 57.6 Å². The summed E-state index contributed by atoms with van der Waals surface area (Å²) in [5.74, 6) is -0.0660. The summed E-state index contributed by atoms with van der Waals surface area (Å²) in [6, 6.07) is 13.7. The molecule has 2 aromatic carbocycles. The monoisotopic (exact) mass is 517 g/mol. The molecule has 8 nitrogen and oxygen atoms in total. The number of benzene rings is 2. The van der Waals surface area contributed by atoms with Crippen LogP contribution in [0.4, 0.5) is 5.69 Å². The fourth-order valence-corrected chi connectivity index (χ4v) is 4.92. The second kappa shape index (κ2) is 13.9. The first kappa shape index (κ1) is 29.2. The maximum atomic E-state index is 13.8. The zero-order valence-corrected chi connectivity index (χ0v) is 22.8. The molecule has 198 valence electrons. The quantitative estimate of drug-likeness (QED) is 0.385. The van der Waals surface area contributed by atoms with Gasteiger partial charge in [-0.25, -0.2) is 8.42 Å². The first-order valence-electron chi connectivity index (χ1n) is 12.4. The molecule has 0 aliphatic rings. The summed E-state index contributed by atoms with van der Waals surface area (Å²) in [6.45, 7) is 6.07. The number of sulfonamides is 1. The van der Waals surface area contributed by atoms with Crippen LogP contribution in [0.5, 0.6) is 5.75 Å². The lowest BCUT2D eigenvalue weighted by Crippen LogP contribution is -2.52. The van der Waals surface area contributed by atoms with Gasteiger partial charge in [0.05, 0.1) is 19.1 Å². The van der Waals surface area contributed by atoms with E-state index in [1.807, 2.05) is 51.1 Å². The molecule has 0 saturated heterocycles. The lowest BCUT2D eigenvalue weighted by molar-refractivity contribution is -0.140. The summed E-state index contributed by atoms with van der Waals surface area (Å²) in [6.07, 6.45) is 3.86. The Morgan fingerprint density at radius 2 is 1.78 bits per heavy atom. The van der Waals surface area contributed by atoms with Gasteiger partial charge in [0.25, 0.3) is 0 Å². The number of nitrogens with zero attached hydrogens (tertiary/aromatic N) is 2. The number of anilines is 1. The SMILES string of the molecule is CCCCNC(=O)[C@@H](CC)N(Cc1cccc(OC)c1)C(=O)CN(c1ccccc1CC)S(C)(=O)=O. The molecule has 0 radical (unpaired) electrons. The van der Waals surface area contributed by atoms with E-state index in [4.69, 9.17) is 4.74 Å². The first-order valence-corrected chi connectivity index (χ1v) is 14.3. The van der Waals surface area contributed by atoms with E-state index >= 15 is 0 Å². The molecule has 2 aromatic rings. The summed E-state index contributed by atoms with van der Waals surface area (Å²) in [4.78, 5) is 28.4. The molecular formula is C27H39N3O5S. The van der Waals surface area contributed by atoms with E-state index in [0.717, 1.165) is 34.5 Å². The largest absolute Gasteiger partial charge is 0.497 e. The van der Waals surface area contributed by atoms with E-state index in [1.54, 1.807) is 25.3 Å². The number of methoxy groups -OCH3 is 1. The number of nitrogens with one attached hydrogen (secondary N) is 1. The summed E-state index contributed by atoms with van der Waals surface area (Å²) >= 11 is 0. The third kappa shape index (κ3) is 7.98. The topological polar surface area (TPSA) is 96.0 Å². The van der Waals surface area contributed by atoms with Crippen LogP contribution in [0.15, 0.2) is 48.5 Å². The number of aryl methyl sites for hydroxylation is 1. The van der Waals surface area contributed by atoms with Crippen molar-refractivity contribution in [1.29, 1.82) is 0 Å². The van der Waals surface area contributed by atoms with Gasteiger partial charge in [0, 0.05) is 13.1 Å². The number of carbonyl (C=O) groups excluding carboxylic acids is 2. The molecule has 0 aliphatic carbocycles. The molecule has 0 saturated carbocycles. The minimum atomic E-state index is -3.77. The van der Waals surface area contributed by atoms with Gasteiger partial charge in [-0.3, -0.25) is 13.9 Å². The third-order valence-electron chi connectivity index (χ3n) is 6.02. The van der Waals surface area contributed by atoms with Gasteiger partial charge in [0.1, 0.15) is 18.3 Å². The Labute approximate surface area is 215 Å². The van der Waals surface area contributed by atoms with E-state index in [1.165, 1.54) is 4.90 Å². The minimum absolute atomic E-state index is 0.142. The van der Waals surface area contributed by atoms with E-state index in [0.29, 0.717) is 30.8 Å². The summed E-state index contributed by atoms with van der Waals surface area (Å²) in [5, 5.41) is 2.92. The predicted molar refractivity (Wildman–Crippen MR) is 144 cm³/mol. The van der Waals surface area contributed by atoms with E-state index < -0.39 is 28.5 Å². The molecule has 1 atom stereocenters. The Morgan fingerprint density at radius 3 is 2.39 bits per heavy atom. The highest BCUT2D eigenvalue weighted by Gasteiger charge is 2.32. The zero-order chi connectivity index (χ0) is 26.7. The van der Waals surface area contributed by atoms with Gasteiger partial charge in [-0.2, -0.15) is 0 Å². The molecule has 0 unspecified atom stereocenters. The molecule has 1 N–H and O–H groups in total. The first-order chi connectivity index (χ1) is 17.2. The smallest absolute Gasteiger partial charge is 0.244 e. The highest BCUT2D eigenvalue weighted by molar-refractivity contribution is 7.92. The average Bonchev–Trinajstić information content (AvgIpc) is 2.86. The number of unbranched alkanes of at least 4 members (excludes halogenated alkanes) is 1. The molecule has 9 heteroatoms. The molecule has 0 aliphatic heterocycles. The average molecular weight is 518 g/mol.